The summed E-state index contributed by atoms with van der Waals surface area (Å²) in [5.74, 6) is 0.257. The summed E-state index contributed by atoms with van der Waals surface area (Å²) in [6.07, 6.45) is 1.60. The van der Waals surface area contributed by atoms with E-state index >= 15 is 0 Å². The molecule has 2 nitrogen and oxygen atoms in total. The van der Waals surface area contributed by atoms with Crippen LogP contribution in [0, 0.1) is 5.82 Å². The monoisotopic (exact) mass is 341 g/mol. The predicted molar refractivity (Wildman–Crippen MR) is 84.9 cm³/mol. The predicted octanol–water partition coefficient (Wildman–Crippen LogP) is 5.99. The summed E-state index contributed by atoms with van der Waals surface area (Å²) < 4.78 is 19.7. The zero-order chi connectivity index (χ0) is 14.8. The Labute approximate surface area is 135 Å². The second-order valence-electron chi connectivity index (χ2n) is 4.36. The van der Waals surface area contributed by atoms with Gasteiger partial charge >= 0.3 is 0 Å². The molecule has 1 unspecified atom stereocenters. The van der Waals surface area contributed by atoms with Gasteiger partial charge in [-0.3, -0.25) is 0 Å². The van der Waals surface area contributed by atoms with Gasteiger partial charge in [-0.1, -0.05) is 23.2 Å². The summed E-state index contributed by atoms with van der Waals surface area (Å²) in [4.78, 5) is 0.977. The van der Waals surface area contributed by atoms with Crippen LogP contribution in [0.4, 0.5) is 10.1 Å². The molecule has 2 aromatic heterocycles. The van der Waals surface area contributed by atoms with E-state index in [1.165, 1.54) is 23.5 Å². The summed E-state index contributed by atoms with van der Waals surface area (Å²) in [6, 6.07) is 11.8. The van der Waals surface area contributed by atoms with Gasteiger partial charge in [-0.05, 0) is 42.5 Å². The lowest BCUT2D eigenvalue weighted by atomic mass is 10.1. The van der Waals surface area contributed by atoms with E-state index < -0.39 is 5.82 Å². The maximum Gasteiger partial charge on any atom is 0.143 e. The zero-order valence-corrected chi connectivity index (χ0v) is 13.0. The molecule has 0 saturated carbocycles. The van der Waals surface area contributed by atoms with Crippen molar-refractivity contribution in [1.29, 1.82) is 0 Å². The SMILES string of the molecule is Fc1cc(NC(c2ccco2)c2ccc(Cl)s2)ccc1Cl. The molecule has 1 atom stereocenters. The topological polar surface area (TPSA) is 25.2 Å². The molecule has 108 valence electrons. The molecule has 0 aliphatic carbocycles. The van der Waals surface area contributed by atoms with Crippen molar-refractivity contribution in [2.75, 3.05) is 5.32 Å². The number of hydrogen-bond donors (Lipinski definition) is 1. The van der Waals surface area contributed by atoms with E-state index in [1.807, 2.05) is 24.3 Å². The van der Waals surface area contributed by atoms with E-state index in [2.05, 4.69) is 5.32 Å². The van der Waals surface area contributed by atoms with Gasteiger partial charge < -0.3 is 9.73 Å². The molecule has 1 N–H and O–H groups in total. The van der Waals surface area contributed by atoms with Crippen LogP contribution in [0.3, 0.4) is 0 Å². The largest absolute Gasteiger partial charge is 0.467 e. The van der Waals surface area contributed by atoms with Gasteiger partial charge in [0.15, 0.2) is 0 Å². The molecular formula is C15H10Cl2FNOS. The van der Waals surface area contributed by atoms with Crippen molar-refractivity contribution in [1.82, 2.24) is 0 Å². The number of thiophene rings is 1. The molecule has 0 aliphatic heterocycles. The van der Waals surface area contributed by atoms with E-state index in [1.54, 1.807) is 12.3 Å². The van der Waals surface area contributed by atoms with Gasteiger partial charge in [-0.25, -0.2) is 4.39 Å². The molecule has 21 heavy (non-hydrogen) atoms. The van der Waals surface area contributed by atoms with Crippen molar-refractivity contribution in [2.24, 2.45) is 0 Å². The molecular weight excluding hydrogens is 332 g/mol. The van der Waals surface area contributed by atoms with E-state index in [9.17, 15) is 4.39 Å². The number of hydrogen-bond acceptors (Lipinski definition) is 3. The number of nitrogens with one attached hydrogen (secondary N) is 1. The van der Waals surface area contributed by atoms with Crippen molar-refractivity contribution in [3.8, 4) is 0 Å². The van der Waals surface area contributed by atoms with Gasteiger partial charge in [0, 0.05) is 10.6 Å². The molecule has 0 saturated heterocycles. The highest BCUT2D eigenvalue weighted by molar-refractivity contribution is 7.16. The first-order valence-electron chi connectivity index (χ1n) is 6.14. The minimum absolute atomic E-state index is 0.0919. The van der Waals surface area contributed by atoms with Gasteiger partial charge in [-0.15, -0.1) is 11.3 Å². The van der Waals surface area contributed by atoms with E-state index in [0.717, 1.165) is 10.6 Å². The molecule has 0 amide bonds. The van der Waals surface area contributed by atoms with Crippen molar-refractivity contribution in [2.45, 2.75) is 6.04 Å². The van der Waals surface area contributed by atoms with E-state index in [0.29, 0.717) is 10.0 Å². The fourth-order valence-corrected chi connectivity index (χ4v) is 3.21. The summed E-state index contributed by atoms with van der Waals surface area (Å²) >= 11 is 13.1. The van der Waals surface area contributed by atoms with Crippen LogP contribution >= 0.6 is 34.5 Å². The Morgan fingerprint density at radius 3 is 2.62 bits per heavy atom. The molecule has 2 heterocycles. The molecule has 0 aliphatic rings. The quantitative estimate of drug-likeness (QED) is 0.630. The Hall–Kier alpha value is -1.49. The molecule has 0 fully saturated rings. The molecule has 3 rings (SSSR count). The highest BCUT2D eigenvalue weighted by atomic mass is 35.5. The summed E-state index contributed by atoms with van der Waals surface area (Å²) in [6.45, 7) is 0. The average molecular weight is 342 g/mol. The van der Waals surface area contributed by atoms with Crippen LogP contribution in [-0.4, -0.2) is 0 Å². The minimum atomic E-state index is -0.468. The molecule has 6 heteroatoms. The van der Waals surface area contributed by atoms with Crippen LogP contribution in [0.25, 0.3) is 0 Å². The van der Waals surface area contributed by atoms with Crippen LogP contribution < -0.4 is 5.32 Å². The lowest BCUT2D eigenvalue weighted by Gasteiger charge is -2.17. The average Bonchev–Trinajstić information content (AvgIpc) is 3.11. The van der Waals surface area contributed by atoms with Gasteiger partial charge in [0.1, 0.15) is 17.6 Å². The van der Waals surface area contributed by atoms with Crippen molar-refractivity contribution < 1.29 is 8.81 Å². The summed E-state index contributed by atoms with van der Waals surface area (Å²) in [5.41, 5.74) is 0.614. The van der Waals surface area contributed by atoms with Crippen molar-refractivity contribution in [3.05, 3.63) is 74.5 Å². The van der Waals surface area contributed by atoms with Gasteiger partial charge in [-0.2, -0.15) is 0 Å². The van der Waals surface area contributed by atoms with E-state index in [-0.39, 0.29) is 11.1 Å². The standard InChI is InChI=1S/C15H10Cl2FNOS/c16-10-4-3-9(8-11(10)18)19-15(12-2-1-7-20-12)13-5-6-14(17)21-13/h1-8,15,19H. The third kappa shape index (κ3) is 3.23. The fraction of sp³-hybridized carbons (Fsp3) is 0.0667. The van der Waals surface area contributed by atoms with Gasteiger partial charge in [0.25, 0.3) is 0 Å². The van der Waals surface area contributed by atoms with Crippen LogP contribution in [-0.2, 0) is 0 Å². The zero-order valence-electron chi connectivity index (χ0n) is 10.6. The molecule has 0 radical (unpaired) electrons. The number of furan rings is 1. The Morgan fingerprint density at radius 1 is 1.14 bits per heavy atom. The Kier molecular flexibility index (Phi) is 4.19. The first kappa shape index (κ1) is 14.4. The minimum Gasteiger partial charge on any atom is -0.467 e. The van der Waals surface area contributed by atoms with E-state index in [4.69, 9.17) is 27.6 Å². The summed E-state index contributed by atoms with van der Waals surface area (Å²) in [7, 11) is 0. The molecule has 3 aromatic rings. The van der Waals surface area contributed by atoms with Crippen molar-refractivity contribution in [3.63, 3.8) is 0 Å². The van der Waals surface area contributed by atoms with Gasteiger partial charge in [0.2, 0.25) is 0 Å². The van der Waals surface area contributed by atoms with Crippen LogP contribution in [0.2, 0.25) is 9.36 Å². The normalized spacial score (nSPS) is 12.3. The second kappa shape index (κ2) is 6.10. The second-order valence-corrected chi connectivity index (χ2v) is 6.52. The Morgan fingerprint density at radius 2 is 2.00 bits per heavy atom. The number of anilines is 1. The first-order valence-corrected chi connectivity index (χ1v) is 7.71. The number of halogens is 3. The lowest BCUT2D eigenvalue weighted by Crippen LogP contribution is -2.10. The van der Waals surface area contributed by atoms with Crippen LogP contribution in [0.1, 0.15) is 16.7 Å². The molecule has 0 bridgehead atoms. The van der Waals surface area contributed by atoms with Crippen molar-refractivity contribution >= 4 is 40.2 Å². The number of rotatable bonds is 4. The highest BCUT2D eigenvalue weighted by Crippen LogP contribution is 2.34. The molecule has 0 spiro atoms. The highest BCUT2D eigenvalue weighted by Gasteiger charge is 2.19. The maximum atomic E-state index is 13.6. The Balaban J connectivity index is 1.94. The lowest BCUT2D eigenvalue weighted by molar-refractivity contribution is 0.500. The fourth-order valence-electron chi connectivity index (χ4n) is 1.97. The third-order valence-corrected chi connectivity index (χ3v) is 4.54. The van der Waals surface area contributed by atoms with Crippen LogP contribution in [0.15, 0.2) is 53.1 Å². The number of benzene rings is 1. The maximum absolute atomic E-state index is 13.6. The summed E-state index contributed by atoms with van der Waals surface area (Å²) in [5, 5.41) is 3.33. The van der Waals surface area contributed by atoms with Crippen LogP contribution in [0.5, 0.6) is 0 Å². The molecule has 1 aromatic carbocycles. The third-order valence-electron chi connectivity index (χ3n) is 2.94. The first-order chi connectivity index (χ1) is 10.1. The smallest absolute Gasteiger partial charge is 0.143 e. The van der Waals surface area contributed by atoms with Gasteiger partial charge in [0.05, 0.1) is 15.6 Å². The Bertz CT molecular complexity index is 742.